The van der Waals surface area contributed by atoms with Crippen molar-refractivity contribution in [2.24, 2.45) is 5.92 Å². The summed E-state index contributed by atoms with van der Waals surface area (Å²) >= 11 is 0. The van der Waals surface area contributed by atoms with Gasteiger partial charge in [0.2, 0.25) is 11.8 Å². The summed E-state index contributed by atoms with van der Waals surface area (Å²) in [7, 11) is 1.42. The minimum absolute atomic E-state index is 0.108. The second kappa shape index (κ2) is 6.39. The number of nitrogens with zero attached hydrogens (tertiary/aromatic N) is 2. The lowest BCUT2D eigenvalue weighted by Crippen LogP contribution is -2.28. The zero-order chi connectivity index (χ0) is 19.1. The van der Waals surface area contributed by atoms with Gasteiger partial charge in [0.05, 0.1) is 29.9 Å². The van der Waals surface area contributed by atoms with Crippen LogP contribution < -0.4 is 5.32 Å². The first-order valence-electron chi connectivity index (χ1n) is 8.51. The lowest BCUT2D eigenvalue weighted by Gasteiger charge is -2.15. The van der Waals surface area contributed by atoms with Crippen molar-refractivity contribution in [2.75, 3.05) is 18.9 Å². The fourth-order valence-electron chi connectivity index (χ4n) is 3.37. The Morgan fingerprint density at radius 1 is 1.19 bits per heavy atom. The molecule has 4 rings (SSSR count). The van der Waals surface area contributed by atoms with Gasteiger partial charge in [-0.2, -0.15) is 0 Å². The molecule has 8 nitrogen and oxygen atoms in total. The van der Waals surface area contributed by atoms with Crippen molar-refractivity contribution < 1.29 is 23.6 Å². The van der Waals surface area contributed by atoms with Crippen LogP contribution in [0, 0.1) is 5.92 Å². The number of amides is 4. The van der Waals surface area contributed by atoms with Gasteiger partial charge in [0, 0.05) is 25.7 Å². The number of anilines is 1. The van der Waals surface area contributed by atoms with Crippen LogP contribution >= 0.6 is 0 Å². The number of fused-ring (bicyclic) bond motifs is 1. The quantitative estimate of drug-likeness (QED) is 0.826. The van der Waals surface area contributed by atoms with E-state index in [0.717, 1.165) is 4.90 Å². The van der Waals surface area contributed by atoms with Gasteiger partial charge in [0.15, 0.2) is 0 Å². The first-order valence-corrected chi connectivity index (χ1v) is 8.51. The molecule has 1 aromatic heterocycles. The van der Waals surface area contributed by atoms with Crippen LogP contribution in [0.25, 0.3) is 0 Å². The number of furan rings is 1. The second-order valence-electron chi connectivity index (χ2n) is 6.67. The van der Waals surface area contributed by atoms with E-state index in [-0.39, 0.29) is 29.7 Å². The van der Waals surface area contributed by atoms with Crippen molar-refractivity contribution in [2.45, 2.75) is 13.0 Å². The van der Waals surface area contributed by atoms with Crippen LogP contribution in [-0.4, -0.2) is 47.0 Å². The Bertz CT molecular complexity index is 950. The van der Waals surface area contributed by atoms with E-state index in [1.54, 1.807) is 23.1 Å². The van der Waals surface area contributed by atoms with Gasteiger partial charge in [-0.3, -0.25) is 24.1 Å². The van der Waals surface area contributed by atoms with Gasteiger partial charge < -0.3 is 14.6 Å². The molecule has 2 aromatic rings. The molecule has 0 bridgehead atoms. The molecule has 0 radical (unpaired) electrons. The van der Waals surface area contributed by atoms with Crippen LogP contribution in [0.15, 0.2) is 41.0 Å². The summed E-state index contributed by atoms with van der Waals surface area (Å²) < 4.78 is 5.25. The molecule has 0 unspecified atom stereocenters. The summed E-state index contributed by atoms with van der Waals surface area (Å²) in [5, 5.41) is 2.74. The molecule has 138 valence electrons. The van der Waals surface area contributed by atoms with Crippen LogP contribution in [-0.2, 0) is 16.1 Å². The van der Waals surface area contributed by atoms with E-state index in [2.05, 4.69) is 5.32 Å². The molecular weight excluding hydrogens is 350 g/mol. The van der Waals surface area contributed by atoms with Gasteiger partial charge in [-0.15, -0.1) is 0 Å². The lowest BCUT2D eigenvalue weighted by molar-refractivity contribution is -0.128. The summed E-state index contributed by atoms with van der Waals surface area (Å²) in [6, 6.07) is 8.13. The Hall–Kier alpha value is -3.42. The second-order valence-corrected chi connectivity index (χ2v) is 6.67. The maximum absolute atomic E-state index is 12.5. The molecule has 1 atom stereocenters. The monoisotopic (exact) mass is 367 g/mol. The molecular formula is C19H17N3O5. The molecule has 8 heteroatoms. The molecule has 1 N–H and O–H groups in total. The van der Waals surface area contributed by atoms with E-state index in [4.69, 9.17) is 4.42 Å². The maximum Gasteiger partial charge on any atom is 0.261 e. The molecule has 1 fully saturated rings. The topological polar surface area (TPSA) is 99.9 Å². The average molecular weight is 367 g/mol. The fourth-order valence-corrected chi connectivity index (χ4v) is 3.37. The molecule has 3 heterocycles. The molecule has 2 aliphatic heterocycles. The fraction of sp³-hybridized carbons (Fsp3) is 0.263. The first kappa shape index (κ1) is 17.0. The zero-order valence-electron chi connectivity index (χ0n) is 14.6. The largest absolute Gasteiger partial charge is 0.467 e. The summed E-state index contributed by atoms with van der Waals surface area (Å²) in [5.74, 6) is -0.982. The Morgan fingerprint density at radius 2 is 1.96 bits per heavy atom. The normalized spacial score (nSPS) is 19.0. The standard InChI is InChI=1S/C19H17N3O5/c1-21-18(25)14-5-4-12(8-15(14)19(21)26)20-17(24)11-7-16(23)22(9-11)10-13-3-2-6-27-13/h2-6,8,11H,7,9-10H2,1H3,(H,20,24)/t11-/m1/s1. The van der Waals surface area contributed by atoms with Crippen molar-refractivity contribution in [1.82, 2.24) is 9.80 Å². The maximum atomic E-state index is 12.5. The Balaban J connectivity index is 1.44. The smallest absolute Gasteiger partial charge is 0.261 e. The number of benzene rings is 1. The van der Waals surface area contributed by atoms with Crippen LogP contribution in [0.2, 0.25) is 0 Å². The number of carbonyl (C=O) groups excluding carboxylic acids is 4. The first-order chi connectivity index (χ1) is 12.9. The SMILES string of the molecule is CN1C(=O)c2ccc(NC(=O)[C@@H]3CC(=O)N(Cc4ccco4)C3)cc2C1=O. The molecule has 1 saturated heterocycles. The zero-order valence-corrected chi connectivity index (χ0v) is 14.6. The molecule has 1 aromatic carbocycles. The highest BCUT2D eigenvalue weighted by Crippen LogP contribution is 2.26. The Labute approximate surface area is 154 Å². The van der Waals surface area contributed by atoms with Crippen LogP contribution in [0.4, 0.5) is 5.69 Å². The summed E-state index contributed by atoms with van der Waals surface area (Å²) in [5.41, 5.74) is 1.01. The minimum atomic E-state index is -0.485. The van der Waals surface area contributed by atoms with E-state index in [1.807, 2.05) is 0 Å². The van der Waals surface area contributed by atoms with Crippen molar-refractivity contribution >= 4 is 29.3 Å². The highest BCUT2D eigenvalue weighted by molar-refractivity contribution is 6.21. The molecule has 0 aliphatic carbocycles. The van der Waals surface area contributed by atoms with Crippen molar-refractivity contribution in [3.63, 3.8) is 0 Å². The Kier molecular flexibility index (Phi) is 4.02. The number of hydrogen-bond donors (Lipinski definition) is 1. The van der Waals surface area contributed by atoms with E-state index in [1.165, 1.54) is 25.4 Å². The van der Waals surface area contributed by atoms with Crippen LogP contribution in [0.3, 0.4) is 0 Å². The van der Waals surface area contributed by atoms with Crippen molar-refractivity contribution in [3.8, 4) is 0 Å². The Morgan fingerprint density at radius 3 is 2.70 bits per heavy atom. The van der Waals surface area contributed by atoms with Gasteiger partial charge in [0.25, 0.3) is 11.8 Å². The number of carbonyl (C=O) groups is 4. The average Bonchev–Trinajstić information content (AvgIpc) is 3.34. The van der Waals surface area contributed by atoms with E-state index < -0.39 is 11.8 Å². The van der Waals surface area contributed by atoms with Crippen LogP contribution in [0.5, 0.6) is 0 Å². The van der Waals surface area contributed by atoms with E-state index >= 15 is 0 Å². The third-order valence-electron chi connectivity index (χ3n) is 4.87. The number of rotatable bonds is 4. The molecule has 0 saturated carbocycles. The number of nitrogens with one attached hydrogen (secondary N) is 1. The summed E-state index contributed by atoms with van der Waals surface area (Å²) in [4.78, 5) is 51.3. The van der Waals surface area contributed by atoms with Crippen LogP contribution in [0.1, 0.15) is 32.9 Å². The highest BCUT2D eigenvalue weighted by atomic mass is 16.3. The van der Waals surface area contributed by atoms with E-state index in [9.17, 15) is 19.2 Å². The van der Waals surface area contributed by atoms with E-state index in [0.29, 0.717) is 30.1 Å². The summed E-state index contributed by atoms with van der Waals surface area (Å²) in [6.07, 6.45) is 1.66. The molecule has 27 heavy (non-hydrogen) atoms. The number of likely N-dealkylation sites (tertiary alicyclic amines) is 1. The summed E-state index contributed by atoms with van der Waals surface area (Å²) in [6.45, 7) is 0.633. The van der Waals surface area contributed by atoms with Gasteiger partial charge >= 0.3 is 0 Å². The van der Waals surface area contributed by atoms with Gasteiger partial charge in [-0.05, 0) is 30.3 Å². The van der Waals surface area contributed by atoms with Gasteiger partial charge in [-0.1, -0.05) is 0 Å². The van der Waals surface area contributed by atoms with Crippen molar-refractivity contribution in [1.29, 1.82) is 0 Å². The third-order valence-corrected chi connectivity index (χ3v) is 4.87. The molecule has 0 spiro atoms. The molecule has 4 amide bonds. The van der Waals surface area contributed by atoms with Gasteiger partial charge in [0.1, 0.15) is 5.76 Å². The minimum Gasteiger partial charge on any atom is -0.467 e. The van der Waals surface area contributed by atoms with Crippen molar-refractivity contribution in [3.05, 3.63) is 53.5 Å². The highest BCUT2D eigenvalue weighted by Gasteiger charge is 2.36. The predicted molar refractivity (Wildman–Crippen MR) is 93.7 cm³/mol. The number of hydrogen-bond acceptors (Lipinski definition) is 5. The third kappa shape index (κ3) is 2.99. The number of imide groups is 1. The molecule has 2 aliphatic rings. The predicted octanol–water partition coefficient (Wildman–Crippen LogP) is 1.49. The lowest BCUT2D eigenvalue weighted by atomic mass is 10.1. The van der Waals surface area contributed by atoms with Gasteiger partial charge in [-0.25, -0.2) is 0 Å².